The standard InChI is InChI=1S/C18H27F3N2O2Si/c1-12-15(11-25-26(5,6)17(2,3)4)23(22-16(12)18(19,20)21)13-7-9-14(24)10-8-13/h7-10,12,15,24H,11H2,1-6H3/t12-,15-/m0/s1. The van der Waals surface area contributed by atoms with Crippen molar-refractivity contribution in [1.82, 2.24) is 0 Å². The van der Waals surface area contributed by atoms with Gasteiger partial charge < -0.3 is 9.53 Å². The second-order valence-electron chi connectivity index (χ2n) is 8.27. The van der Waals surface area contributed by atoms with E-state index in [1.807, 2.05) is 0 Å². The lowest BCUT2D eigenvalue weighted by atomic mass is 9.97. The monoisotopic (exact) mass is 388 g/mol. The highest BCUT2D eigenvalue weighted by molar-refractivity contribution is 6.74. The molecule has 8 heteroatoms. The maximum Gasteiger partial charge on any atom is 0.431 e. The SMILES string of the molecule is C[C@@H]1C(C(F)(F)F)=NN(c2ccc(O)cc2)[C@H]1CO[Si](C)(C)C(C)(C)C. The van der Waals surface area contributed by atoms with E-state index in [9.17, 15) is 18.3 Å². The molecule has 146 valence electrons. The fourth-order valence-corrected chi connectivity index (χ4v) is 3.59. The second kappa shape index (κ2) is 6.88. The predicted octanol–water partition coefficient (Wildman–Crippen LogP) is 5.16. The van der Waals surface area contributed by atoms with Crippen LogP contribution in [0.1, 0.15) is 27.7 Å². The second-order valence-corrected chi connectivity index (χ2v) is 13.1. The van der Waals surface area contributed by atoms with Gasteiger partial charge in [-0.15, -0.1) is 0 Å². The molecule has 0 aromatic heterocycles. The zero-order valence-electron chi connectivity index (χ0n) is 16.1. The first-order valence-electron chi connectivity index (χ1n) is 8.62. The van der Waals surface area contributed by atoms with E-state index in [4.69, 9.17) is 4.43 Å². The quantitative estimate of drug-likeness (QED) is 0.725. The lowest BCUT2D eigenvalue weighted by Gasteiger charge is -2.38. The number of benzene rings is 1. The van der Waals surface area contributed by atoms with Gasteiger partial charge in [0.2, 0.25) is 0 Å². The van der Waals surface area contributed by atoms with E-state index in [-0.39, 0.29) is 17.4 Å². The first-order valence-corrected chi connectivity index (χ1v) is 11.5. The maximum atomic E-state index is 13.4. The number of halogens is 3. The van der Waals surface area contributed by atoms with Crippen molar-refractivity contribution < 1.29 is 22.7 Å². The molecule has 0 bridgehead atoms. The maximum absolute atomic E-state index is 13.4. The van der Waals surface area contributed by atoms with Crippen LogP contribution in [0.4, 0.5) is 18.9 Å². The Labute approximate surface area is 153 Å². The highest BCUT2D eigenvalue weighted by Crippen LogP contribution is 2.39. The summed E-state index contributed by atoms with van der Waals surface area (Å²) in [6.45, 7) is 12.1. The molecule has 1 aliphatic heterocycles. The Morgan fingerprint density at radius 3 is 2.15 bits per heavy atom. The van der Waals surface area contributed by atoms with Crippen molar-refractivity contribution in [3.8, 4) is 5.75 Å². The topological polar surface area (TPSA) is 45.1 Å². The Hall–Kier alpha value is -1.54. The highest BCUT2D eigenvalue weighted by Gasteiger charge is 2.49. The molecule has 1 heterocycles. The molecule has 0 aliphatic carbocycles. The number of alkyl halides is 3. The van der Waals surface area contributed by atoms with Gasteiger partial charge in [0, 0.05) is 5.92 Å². The highest BCUT2D eigenvalue weighted by atomic mass is 28.4. The van der Waals surface area contributed by atoms with Crippen molar-refractivity contribution >= 4 is 19.7 Å². The van der Waals surface area contributed by atoms with Gasteiger partial charge in [0.15, 0.2) is 8.32 Å². The third kappa shape index (κ3) is 4.23. The summed E-state index contributed by atoms with van der Waals surface area (Å²) >= 11 is 0. The van der Waals surface area contributed by atoms with Gasteiger partial charge in [-0.3, -0.25) is 5.01 Å². The molecule has 2 rings (SSSR count). The van der Waals surface area contributed by atoms with Gasteiger partial charge in [-0.2, -0.15) is 18.3 Å². The Kier molecular flexibility index (Phi) is 5.50. The fourth-order valence-electron chi connectivity index (χ4n) is 2.57. The van der Waals surface area contributed by atoms with Gasteiger partial charge in [0.1, 0.15) is 11.5 Å². The summed E-state index contributed by atoms with van der Waals surface area (Å²) in [7, 11) is -2.11. The van der Waals surface area contributed by atoms with E-state index in [1.54, 1.807) is 12.1 Å². The molecule has 0 saturated carbocycles. The van der Waals surface area contributed by atoms with Crippen LogP contribution in [0.2, 0.25) is 18.1 Å². The van der Waals surface area contributed by atoms with Gasteiger partial charge in [-0.25, -0.2) is 0 Å². The lowest BCUT2D eigenvalue weighted by Crippen LogP contribution is -2.46. The average Bonchev–Trinajstić information content (AvgIpc) is 2.82. The normalized spacial score (nSPS) is 21.9. The molecular weight excluding hydrogens is 361 g/mol. The van der Waals surface area contributed by atoms with Crippen LogP contribution in [0.25, 0.3) is 0 Å². The molecule has 26 heavy (non-hydrogen) atoms. The van der Waals surface area contributed by atoms with Crippen LogP contribution in [-0.4, -0.2) is 38.0 Å². The largest absolute Gasteiger partial charge is 0.508 e. The number of anilines is 1. The Morgan fingerprint density at radius 2 is 1.69 bits per heavy atom. The zero-order chi connectivity index (χ0) is 19.9. The van der Waals surface area contributed by atoms with Crippen LogP contribution in [0.15, 0.2) is 29.4 Å². The summed E-state index contributed by atoms with van der Waals surface area (Å²) in [5, 5.41) is 14.6. The number of hydrogen-bond donors (Lipinski definition) is 1. The van der Waals surface area contributed by atoms with E-state index in [1.165, 1.54) is 24.1 Å². The number of hydrogen-bond acceptors (Lipinski definition) is 4. The molecule has 0 unspecified atom stereocenters. The number of phenols is 1. The van der Waals surface area contributed by atoms with Gasteiger partial charge in [0.25, 0.3) is 0 Å². The van der Waals surface area contributed by atoms with E-state index < -0.39 is 32.2 Å². The third-order valence-corrected chi connectivity index (χ3v) is 9.86. The van der Waals surface area contributed by atoms with E-state index in [0.29, 0.717) is 5.69 Å². The third-order valence-electron chi connectivity index (χ3n) is 5.36. The van der Waals surface area contributed by atoms with Crippen molar-refractivity contribution in [2.75, 3.05) is 11.6 Å². The molecule has 1 aromatic rings. The first-order chi connectivity index (χ1) is 11.7. The first kappa shape index (κ1) is 20.8. The van der Waals surface area contributed by atoms with Crippen molar-refractivity contribution in [2.24, 2.45) is 11.0 Å². The van der Waals surface area contributed by atoms with Crippen LogP contribution in [-0.2, 0) is 4.43 Å². The van der Waals surface area contributed by atoms with E-state index in [2.05, 4.69) is 39.0 Å². The minimum atomic E-state index is -4.49. The molecule has 0 saturated heterocycles. The molecule has 1 aromatic carbocycles. The summed E-state index contributed by atoms with van der Waals surface area (Å²) in [5.74, 6) is -0.760. The summed E-state index contributed by atoms with van der Waals surface area (Å²) in [6.07, 6.45) is -4.49. The number of aromatic hydroxyl groups is 1. The smallest absolute Gasteiger partial charge is 0.431 e. The Bertz CT molecular complexity index is 666. The summed E-state index contributed by atoms with van der Waals surface area (Å²) in [6, 6.07) is 5.44. The fraction of sp³-hybridized carbons (Fsp3) is 0.611. The van der Waals surface area contributed by atoms with Crippen LogP contribution in [0.5, 0.6) is 5.75 Å². The number of hydrazone groups is 1. The number of phenolic OH excluding ortho intramolecular Hbond substituents is 1. The van der Waals surface area contributed by atoms with Crippen LogP contribution in [0, 0.1) is 5.92 Å². The molecule has 1 aliphatic rings. The summed E-state index contributed by atoms with van der Waals surface area (Å²) in [4.78, 5) is 0. The van der Waals surface area contributed by atoms with E-state index >= 15 is 0 Å². The van der Waals surface area contributed by atoms with Gasteiger partial charge >= 0.3 is 6.18 Å². The molecular formula is C18H27F3N2O2Si. The Morgan fingerprint density at radius 1 is 1.15 bits per heavy atom. The molecule has 0 fully saturated rings. The van der Waals surface area contributed by atoms with Crippen LogP contribution in [0.3, 0.4) is 0 Å². The van der Waals surface area contributed by atoms with Crippen molar-refractivity contribution in [2.45, 2.75) is 58.0 Å². The Balaban J connectivity index is 2.31. The van der Waals surface area contributed by atoms with Gasteiger partial charge in [0.05, 0.1) is 18.3 Å². The van der Waals surface area contributed by atoms with Gasteiger partial charge in [-0.1, -0.05) is 27.7 Å². The van der Waals surface area contributed by atoms with E-state index in [0.717, 1.165) is 0 Å². The summed E-state index contributed by atoms with van der Waals surface area (Å²) < 4.78 is 46.3. The molecule has 1 N–H and O–H groups in total. The molecule has 0 amide bonds. The average molecular weight is 389 g/mol. The minimum Gasteiger partial charge on any atom is -0.508 e. The lowest BCUT2D eigenvalue weighted by molar-refractivity contribution is -0.0621. The van der Waals surface area contributed by atoms with Crippen molar-refractivity contribution in [1.29, 1.82) is 0 Å². The molecule has 0 spiro atoms. The molecule has 4 nitrogen and oxygen atoms in total. The molecule has 2 atom stereocenters. The number of nitrogens with zero attached hydrogens (tertiary/aromatic N) is 2. The van der Waals surface area contributed by atoms with Crippen LogP contribution < -0.4 is 5.01 Å². The van der Waals surface area contributed by atoms with Crippen LogP contribution >= 0.6 is 0 Å². The predicted molar refractivity (Wildman–Crippen MR) is 100 cm³/mol. The van der Waals surface area contributed by atoms with Crippen molar-refractivity contribution in [3.05, 3.63) is 24.3 Å². The molecule has 0 radical (unpaired) electrons. The zero-order valence-corrected chi connectivity index (χ0v) is 17.1. The minimum absolute atomic E-state index is 0.0358. The number of rotatable bonds is 4. The summed E-state index contributed by atoms with van der Waals surface area (Å²) in [5.41, 5.74) is -0.299. The van der Waals surface area contributed by atoms with Gasteiger partial charge in [-0.05, 0) is 42.4 Å². The van der Waals surface area contributed by atoms with Crippen molar-refractivity contribution in [3.63, 3.8) is 0 Å².